The van der Waals surface area contributed by atoms with Crippen LogP contribution in [-0.2, 0) is 17.8 Å². The number of carbonyl (C=O) groups excluding carboxylic acids is 1. The van der Waals surface area contributed by atoms with E-state index in [0.717, 1.165) is 11.3 Å². The minimum absolute atomic E-state index is 0.0169. The first-order valence-corrected chi connectivity index (χ1v) is 11.7. The number of aryl methyl sites for hydroxylation is 1. The molecule has 0 saturated heterocycles. The van der Waals surface area contributed by atoms with Gasteiger partial charge in [-0.2, -0.15) is 0 Å². The van der Waals surface area contributed by atoms with Gasteiger partial charge in [0.05, 0.1) is 17.8 Å². The molecule has 0 bridgehead atoms. The van der Waals surface area contributed by atoms with E-state index in [1.54, 1.807) is 39.6 Å². The third-order valence-corrected chi connectivity index (χ3v) is 7.86. The van der Waals surface area contributed by atoms with Gasteiger partial charge in [-0.25, -0.2) is 4.98 Å². The molecule has 1 aliphatic rings. The Hall–Kier alpha value is -2.29. The summed E-state index contributed by atoms with van der Waals surface area (Å²) in [6.07, 6.45) is 2.74. The molecule has 0 spiro atoms. The van der Waals surface area contributed by atoms with Crippen molar-refractivity contribution in [2.24, 2.45) is 0 Å². The molecule has 142 valence electrons. The maximum atomic E-state index is 13.1. The highest BCUT2D eigenvalue weighted by Gasteiger charge is 2.33. The van der Waals surface area contributed by atoms with E-state index in [2.05, 4.69) is 27.9 Å². The first kappa shape index (κ1) is 17.8. The van der Waals surface area contributed by atoms with Gasteiger partial charge in [0.25, 0.3) is 5.56 Å². The van der Waals surface area contributed by atoms with Gasteiger partial charge < -0.3 is 4.90 Å². The van der Waals surface area contributed by atoms with Crippen molar-refractivity contribution in [1.29, 1.82) is 0 Å². The summed E-state index contributed by atoms with van der Waals surface area (Å²) in [5, 5.41) is 6.66. The lowest BCUT2D eigenvalue weighted by atomic mass is 9.98. The second-order valence-corrected chi connectivity index (χ2v) is 9.56. The van der Waals surface area contributed by atoms with Crippen molar-refractivity contribution in [3.8, 4) is 0 Å². The van der Waals surface area contributed by atoms with Crippen molar-refractivity contribution >= 4 is 50.1 Å². The zero-order valence-electron chi connectivity index (χ0n) is 14.9. The van der Waals surface area contributed by atoms with Crippen molar-refractivity contribution in [3.63, 3.8) is 0 Å². The molecule has 4 aromatic heterocycles. The minimum Gasteiger partial charge on any atom is -0.330 e. The molecule has 0 aromatic carbocycles. The van der Waals surface area contributed by atoms with Gasteiger partial charge in [-0.1, -0.05) is 6.07 Å². The number of thiophene rings is 3. The van der Waals surface area contributed by atoms with Crippen LogP contribution in [0.25, 0.3) is 10.2 Å². The van der Waals surface area contributed by atoms with Crippen LogP contribution in [0.3, 0.4) is 0 Å². The first-order valence-electron chi connectivity index (χ1n) is 9.04. The predicted molar refractivity (Wildman–Crippen MR) is 114 cm³/mol. The molecule has 4 aromatic rings. The maximum Gasteiger partial charge on any atom is 0.262 e. The van der Waals surface area contributed by atoms with E-state index < -0.39 is 0 Å². The van der Waals surface area contributed by atoms with Crippen molar-refractivity contribution < 1.29 is 4.79 Å². The standard InChI is InChI=1S/C20H17N3O2S3/c24-17(4-7-22-12-21-19-14(20(22)25)6-11-28-19)23-8-3-15-13(5-10-27-15)18(23)16-2-1-9-26-16/h1-2,5-6,9-12,18H,3-4,7-8H2. The van der Waals surface area contributed by atoms with E-state index in [-0.39, 0.29) is 17.5 Å². The molecule has 5 nitrogen and oxygen atoms in total. The highest BCUT2D eigenvalue weighted by molar-refractivity contribution is 7.16. The smallest absolute Gasteiger partial charge is 0.262 e. The number of hydrogen-bond donors (Lipinski definition) is 0. The van der Waals surface area contributed by atoms with Crippen molar-refractivity contribution in [1.82, 2.24) is 14.5 Å². The summed E-state index contributed by atoms with van der Waals surface area (Å²) >= 11 is 4.90. The maximum absolute atomic E-state index is 13.1. The fourth-order valence-electron chi connectivity index (χ4n) is 3.75. The number of hydrogen-bond acceptors (Lipinski definition) is 6. The lowest BCUT2D eigenvalue weighted by Crippen LogP contribution is -2.40. The Morgan fingerprint density at radius 1 is 1.14 bits per heavy atom. The number of carbonyl (C=O) groups is 1. The van der Waals surface area contributed by atoms with Crippen LogP contribution in [0.5, 0.6) is 0 Å². The number of amides is 1. The minimum atomic E-state index is -0.0763. The Labute approximate surface area is 173 Å². The molecule has 1 atom stereocenters. The van der Waals surface area contributed by atoms with Crippen molar-refractivity contribution in [3.05, 3.63) is 72.4 Å². The molecule has 1 unspecified atom stereocenters. The lowest BCUT2D eigenvalue weighted by Gasteiger charge is -2.35. The summed E-state index contributed by atoms with van der Waals surface area (Å²) < 4.78 is 1.55. The van der Waals surface area contributed by atoms with Crippen LogP contribution in [0.1, 0.15) is 27.8 Å². The zero-order valence-corrected chi connectivity index (χ0v) is 17.4. The largest absolute Gasteiger partial charge is 0.330 e. The van der Waals surface area contributed by atoms with E-state index in [9.17, 15) is 9.59 Å². The van der Waals surface area contributed by atoms with Gasteiger partial charge in [-0.15, -0.1) is 34.0 Å². The van der Waals surface area contributed by atoms with Crippen LogP contribution in [0.2, 0.25) is 0 Å². The molecule has 0 N–H and O–H groups in total. The Kier molecular flexibility index (Phi) is 4.62. The molecule has 0 aliphatic carbocycles. The topological polar surface area (TPSA) is 55.2 Å². The molecule has 8 heteroatoms. The summed E-state index contributed by atoms with van der Waals surface area (Å²) in [7, 11) is 0. The molecule has 0 saturated carbocycles. The van der Waals surface area contributed by atoms with Crippen LogP contribution in [0.15, 0.2) is 51.5 Å². The number of fused-ring (bicyclic) bond motifs is 2. The second kappa shape index (κ2) is 7.27. The van der Waals surface area contributed by atoms with Gasteiger partial charge in [-0.3, -0.25) is 14.2 Å². The summed E-state index contributed by atoms with van der Waals surface area (Å²) in [5.41, 5.74) is 1.16. The summed E-state index contributed by atoms with van der Waals surface area (Å²) in [6, 6.07) is 8.05. The Morgan fingerprint density at radius 3 is 2.89 bits per heavy atom. The van der Waals surface area contributed by atoms with Crippen LogP contribution in [0, 0.1) is 0 Å². The zero-order chi connectivity index (χ0) is 19.1. The number of rotatable bonds is 4. The average molecular weight is 428 g/mol. The monoisotopic (exact) mass is 427 g/mol. The Morgan fingerprint density at radius 2 is 2.04 bits per heavy atom. The van der Waals surface area contributed by atoms with E-state index in [4.69, 9.17) is 0 Å². The molecule has 28 heavy (non-hydrogen) atoms. The summed E-state index contributed by atoms with van der Waals surface area (Å²) in [5.74, 6) is 0.0764. The Balaban J connectivity index is 1.39. The fraction of sp³-hybridized carbons (Fsp3) is 0.250. The van der Waals surface area contributed by atoms with Crippen LogP contribution >= 0.6 is 34.0 Å². The van der Waals surface area contributed by atoms with Gasteiger partial charge in [0, 0.05) is 29.3 Å². The van der Waals surface area contributed by atoms with Gasteiger partial charge in [0.2, 0.25) is 5.91 Å². The average Bonchev–Trinajstić information content (AvgIpc) is 3.47. The highest BCUT2D eigenvalue weighted by atomic mass is 32.1. The number of aromatic nitrogens is 2. The summed E-state index contributed by atoms with van der Waals surface area (Å²) in [4.78, 5) is 35.3. The molecule has 5 rings (SSSR count). The normalized spacial score (nSPS) is 16.4. The van der Waals surface area contributed by atoms with Crippen LogP contribution in [-0.4, -0.2) is 26.9 Å². The second-order valence-electron chi connectivity index (χ2n) is 6.69. The van der Waals surface area contributed by atoms with Gasteiger partial charge >= 0.3 is 0 Å². The van der Waals surface area contributed by atoms with Gasteiger partial charge in [-0.05, 0) is 46.3 Å². The first-order chi connectivity index (χ1) is 13.7. The quantitative estimate of drug-likeness (QED) is 0.492. The lowest BCUT2D eigenvalue weighted by molar-refractivity contribution is -0.133. The molecule has 5 heterocycles. The van der Waals surface area contributed by atoms with E-state index in [1.807, 2.05) is 16.3 Å². The van der Waals surface area contributed by atoms with E-state index >= 15 is 0 Å². The van der Waals surface area contributed by atoms with E-state index in [1.165, 1.54) is 26.7 Å². The third-order valence-electron chi connectivity index (χ3n) is 5.12. The van der Waals surface area contributed by atoms with Gasteiger partial charge in [0.1, 0.15) is 4.83 Å². The van der Waals surface area contributed by atoms with Crippen LogP contribution in [0.4, 0.5) is 0 Å². The van der Waals surface area contributed by atoms with Crippen LogP contribution < -0.4 is 5.56 Å². The SMILES string of the molecule is O=C(CCn1cnc2sccc2c1=O)N1CCc2sccc2C1c1cccs1. The molecule has 0 radical (unpaired) electrons. The summed E-state index contributed by atoms with van der Waals surface area (Å²) in [6.45, 7) is 1.06. The third kappa shape index (κ3) is 3.01. The fourth-order valence-corrected chi connectivity index (χ4v) is 6.23. The van der Waals surface area contributed by atoms with Gasteiger partial charge in [0.15, 0.2) is 0 Å². The molecule has 1 amide bonds. The van der Waals surface area contributed by atoms with Crippen molar-refractivity contribution in [2.75, 3.05) is 6.54 Å². The molecule has 1 aliphatic heterocycles. The molecule has 0 fully saturated rings. The molecular weight excluding hydrogens is 410 g/mol. The van der Waals surface area contributed by atoms with Crippen molar-refractivity contribution in [2.45, 2.75) is 25.4 Å². The predicted octanol–water partition coefficient (Wildman–Crippen LogP) is 4.15. The Bertz CT molecular complexity index is 1190. The number of nitrogens with zero attached hydrogens (tertiary/aromatic N) is 3. The van der Waals surface area contributed by atoms with E-state index in [0.29, 0.717) is 24.9 Å². The highest BCUT2D eigenvalue weighted by Crippen LogP contribution is 2.39. The molecular formula is C20H17N3O2S3.